The third kappa shape index (κ3) is 7.14. The molecule has 0 aromatic rings. The van der Waals surface area contributed by atoms with E-state index in [0.717, 1.165) is 0 Å². The largest absolute Gasteiger partial charge is 0.212 e. The van der Waals surface area contributed by atoms with Gasteiger partial charge in [-0.2, -0.15) is 0 Å². The molecular formula is C10H22ClNO2S. The fraction of sp³-hybridized carbons (Fsp3) is 1.00. The highest BCUT2D eigenvalue weighted by molar-refractivity contribution is 7.89. The zero-order chi connectivity index (χ0) is 12.3. The predicted octanol–water partition coefficient (Wildman–Crippen LogP) is 2.22. The summed E-state index contributed by atoms with van der Waals surface area (Å²) >= 11 is 5.67. The van der Waals surface area contributed by atoms with Gasteiger partial charge in [0.05, 0.1) is 5.75 Å². The molecule has 1 N–H and O–H groups in total. The topological polar surface area (TPSA) is 46.2 Å². The van der Waals surface area contributed by atoms with Crippen molar-refractivity contribution >= 4 is 21.6 Å². The zero-order valence-electron chi connectivity index (χ0n) is 10.2. The van der Waals surface area contributed by atoms with Gasteiger partial charge in [-0.25, -0.2) is 13.1 Å². The van der Waals surface area contributed by atoms with Crippen LogP contribution in [-0.2, 0) is 10.0 Å². The van der Waals surface area contributed by atoms with Gasteiger partial charge >= 0.3 is 0 Å². The van der Waals surface area contributed by atoms with Crippen LogP contribution in [0, 0.1) is 11.3 Å². The minimum Gasteiger partial charge on any atom is -0.212 e. The van der Waals surface area contributed by atoms with E-state index in [1.807, 2.05) is 34.6 Å². The molecule has 92 valence electrons. The SMILES string of the molecule is CC(CCl)C(C)NS(=O)(=O)CC(C)(C)C. The Morgan fingerprint density at radius 3 is 2.07 bits per heavy atom. The number of alkyl halides is 1. The van der Waals surface area contributed by atoms with Crippen LogP contribution in [0.2, 0.25) is 0 Å². The molecule has 0 bridgehead atoms. The Labute approximate surface area is 98.6 Å². The molecule has 0 fully saturated rings. The summed E-state index contributed by atoms with van der Waals surface area (Å²) in [6, 6.07) is -0.116. The molecule has 0 aromatic carbocycles. The van der Waals surface area contributed by atoms with Crippen LogP contribution in [0.1, 0.15) is 34.6 Å². The quantitative estimate of drug-likeness (QED) is 0.766. The molecule has 0 saturated heterocycles. The minimum absolute atomic E-state index is 0.116. The van der Waals surface area contributed by atoms with Gasteiger partial charge in [-0.05, 0) is 18.3 Å². The summed E-state index contributed by atoms with van der Waals surface area (Å²) in [4.78, 5) is 0. The molecule has 3 nitrogen and oxygen atoms in total. The van der Waals surface area contributed by atoms with Crippen LogP contribution in [0.3, 0.4) is 0 Å². The van der Waals surface area contributed by atoms with Gasteiger partial charge in [0.2, 0.25) is 10.0 Å². The normalized spacial score (nSPS) is 17.5. The van der Waals surface area contributed by atoms with Gasteiger partial charge in [-0.1, -0.05) is 27.7 Å². The highest BCUT2D eigenvalue weighted by Gasteiger charge is 2.24. The van der Waals surface area contributed by atoms with Crippen LogP contribution in [0.15, 0.2) is 0 Å². The molecule has 0 aliphatic rings. The van der Waals surface area contributed by atoms with Gasteiger partial charge in [0.25, 0.3) is 0 Å². The van der Waals surface area contributed by atoms with E-state index in [0.29, 0.717) is 5.88 Å². The van der Waals surface area contributed by atoms with E-state index in [9.17, 15) is 8.42 Å². The Bertz CT molecular complexity index is 282. The van der Waals surface area contributed by atoms with Crippen molar-refractivity contribution in [3.05, 3.63) is 0 Å². The van der Waals surface area contributed by atoms with Crippen molar-refractivity contribution in [1.82, 2.24) is 4.72 Å². The Morgan fingerprint density at radius 2 is 1.73 bits per heavy atom. The smallest absolute Gasteiger partial charge is 0.212 e. The Balaban J connectivity index is 4.40. The number of nitrogens with one attached hydrogen (secondary N) is 1. The fourth-order valence-corrected chi connectivity index (χ4v) is 3.43. The molecule has 0 aliphatic carbocycles. The molecule has 0 saturated carbocycles. The van der Waals surface area contributed by atoms with E-state index < -0.39 is 10.0 Å². The average molecular weight is 256 g/mol. The third-order valence-electron chi connectivity index (χ3n) is 2.09. The summed E-state index contributed by atoms with van der Waals surface area (Å²) in [5.41, 5.74) is -0.226. The first-order chi connectivity index (χ1) is 6.57. The molecule has 0 rings (SSSR count). The standard InChI is InChI=1S/C10H22ClNO2S/c1-8(6-11)9(2)12-15(13,14)7-10(3,4)5/h8-9,12H,6-7H2,1-5H3. The minimum atomic E-state index is -3.20. The van der Waals surface area contributed by atoms with Crippen molar-refractivity contribution in [2.75, 3.05) is 11.6 Å². The summed E-state index contributed by atoms with van der Waals surface area (Å²) < 4.78 is 26.1. The molecule has 0 spiro atoms. The van der Waals surface area contributed by atoms with Gasteiger partial charge in [0.1, 0.15) is 0 Å². The zero-order valence-corrected chi connectivity index (χ0v) is 11.7. The molecule has 0 amide bonds. The second-order valence-electron chi connectivity index (χ2n) is 5.36. The summed E-state index contributed by atoms with van der Waals surface area (Å²) in [5, 5.41) is 0. The summed E-state index contributed by atoms with van der Waals surface area (Å²) in [6.45, 7) is 9.48. The molecule has 5 heteroatoms. The maximum absolute atomic E-state index is 11.7. The first-order valence-corrected chi connectivity index (χ1v) is 7.32. The summed E-state index contributed by atoms with van der Waals surface area (Å²) in [6.07, 6.45) is 0. The number of hydrogen-bond donors (Lipinski definition) is 1. The lowest BCUT2D eigenvalue weighted by molar-refractivity contribution is 0.441. The lowest BCUT2D eigenvalue weighted by atomic mass is 10.0. The van der Waals surface area contributed by atoms with Gasteiger partial charge < -0.3 is 0 Å². The molecule has 15 heavy (non-hydrogen) atoms. The highest BCUT2D eigenvalue weighted by atomic mass is 35.5. The van der Waals surface area contributed by atoms with Crippen molar-refractivity contribution < 1.29 is 8.42 Å². The second kappa shape index (κ2) is 5.51. The van der Waals surface area contributed by atoms with Crippen molar-refractivity contribution in [3.63, 3.8) is 0 Å². The molecule has 0 radical (unpaired) electrons. The molecule has 2 atom stereocenters. The molecule has 0 aliphatic heterocycles. The Hall–Kier alpha value is 0.200. The number of halogens is 1. The van der Waals surface area contributed by atoms with Crippen molar-refractivity contribution in [2.24, 2.45) is 11.3 Å². The van der Waals surface area contributed by atoms with Crippen LogP contribution < -0.4 is 4.72 Å². The molecular weight excluding hydrogens is 234 g/mol. The lowest BCUT2D eigenvalue weighted by Crippen LogP contribution is -2.41. The second-order valence-corrected chi connectivity index (χ2v) is 7.42. The Morgan fingerprint density at radius 1 is 1.27 bits per heavy atom. The van der Waals surface area contributed by atoms with Gasteiger partial charge in [-0.3, -0.25) is 0 Å². The number of sulfonamides is 1. The van der Waals surface area contributed by atoms with Crippen LogP contribution >= 0.6 is 11.6 Å². The van der Waals surface area contributed by atoms with E-state index in [1.54, 1.807) is 0 Å². The summed E-state index contributed by atoms with van der Waals surface area (Å²) in [7, 11) is -3.20. The van der Waals surface area contributed by atoms with Crippen LogP contribution in [0.5, 0.6) is 0 Å². The van der Waals surface area contributed by atoms with Gasteiger partial charge in [0, 0.05) is 11.9 Å². The lowest BCUT2D eigenvalue weighted by Gasteiger charge is -2.23. The molecule has 0 heterocycles. The van der Waals surface area contributed by atoms with E-state index in [1.165, 1.54) is 0 Å². The van der Waals surface area contributed by atoms with Crippen molar-refractivity contribution in [2.45, 2.75) is 40.7 Å². The fourth-order valence-electron chi connectivity index (χ4n) is 1.14. The Kier molecular flexibility index (Phi) is 5.58. The van der Waals surface area contributed by atoms with Crippen LogP contribution in [-0.4, -0.2) is 26.1 Å². The van der Waals surface area contributed by atoms with Crippen LogP contribution in [0.25, 0.3) is 0 Å². The van der Waals surface area contributed by atoms with E-state index >= 15 is 0 Å². The van der Waals surface area contributed by atoms with Crippen LogP contribution in [0.4, 0.5) is 0 Å². The van der Waals surface area contributed by atoms with Gasteiger partial charge in [0.15, 0.2) is 0 Å². The van der Waals surface area contributed by atoms with E-state index in [4.69, 9.17) is 11.6 Å². The van der Waals surface area contributed by atoms with Crippen molar-refractivity contribution in [1.29, 1.82) is 0 Å². The molecule has 2 unspecified atom stereocenters. The monoisotopic (exact) mass is 255 g/mol. The highest BCUT2D eigenvalue weighted by Crippen LogP contribution is 2.16. The first kappa shape index (κ1) is 15.2. The van der Waals surface area contributed by atoms with Gasteiger partial charge in [-0.15, -0.1) is 11.6 Å². The van der Waals surface area contributed by atoms with E-state index in [2.05, 4.69) is 4.72 Å². The maximum Gasteiger partial charge on any atom is 0.212 e. The number of hydrogen-bond acceptors (Lipinski definition) is 2. The van der Waals surface area contributed by atoms with Crippen molar-refractivity contribution in [3.8, 4) is 0 Å². The number of rotatable bonds is 5. The first-order valence-electron chi connectivity index (χ1n) is 5.13. The molecule has 0 aromatic heterocycles. The summed E-state index contributed by atoms with van der Waals surface area (Å²) in [5.74, 6) is 0.736. The third-order valence-corrected chi connectivity index (χ3v) is 4.55. The van der Waals surface area contributed by atoms with E-state index in [-0.39, 0.29) is 23.1 Å². The average Bonchev–Trinajstić information content (AvgIpc) is 1.96. The maximum atomic E-state index is 11.7. The predicted molar refractivity (Wildman–Crippen MR) is 65.7 cm³/mol.